The molecule has 0 radical (unpaired) electrons. The van der Waals surface area contributed by atoms with Gasteiger partial charge in [-0.25, -0.2) is 0 Å². The van der Waals surface area contributed by atoms with Crippen LogP contribution in [-0.4, -0.2) is 18.8 Å². The molecule has 4 nitrogen and oxygen atoms in total. The van der Waals surface area contributed by atoms with Crippen LogP contribution < -0.4 is 29.6 Å². The second-order valence-electron chi connectivity index (χ2n) is 2.92. The molecule has 0 aliphatic heterocycles. The molecule has 0 saturated heterocycles. The predicted molar refractivity (Wildman–Crippen MR) is 56.5 cm³/mol. The molecular weight excluding hydrogens is 239 g/mol. The van der Waals surface area contributed by atoms with Gasteiger partial charge in [0.25, 0.3) is 10.1 Å². The van der Waals surface area contributed by atoms with E-state index in [-0.39, 0.29) is 48.1 Å². The molecule has 1 rings (SSSR count). The number of carbonyl (C=O) groups is 1. The molecule has 1 aromatic rings. The second-order valence-corrected chi connectivity index (χ2v) is 4.34. The van der Waals surface area contributed by atoms with Crippen LogP contribution in [0.25, 0.3) is 0 Å². The maximum absolute atomic E-state index is 11.3. The molecule has 0 fully saturated rings. The number of Topliss-reactive ketones (excluding diaryl/α,β-unsaturated/α-hetero) is 1. The van der Waals surface area contributed by atoms with Crippen LogP contribution >= 0.6 is 0 Å². The SMILES string of the molecule is C=CCC(=O)c1ccc(S(=O)(=O)O)cc1.[H-].[Na+]. The number of benzene rings is 1. The van der Waals surface area contributed by atoms with Gasteiger partial charge in [-0.3, -0.25) is 9.35 Å². The van der Waals surface area contributed by atoms with Crippen molar-refractivity contribution >= 4 is 15.9 Å². The third-order valence-corrected chi connectivity index (χ3v) is 2.67. The number of hydrogen-bond donors (Lipinski definition) is 1. The van der Waals surface area contributed by atoms with E-state index in [0.29, 0.717) is 5.56 Å². The fourth-order valence-electron chi connectivity index (χ4n) is 1.06. The van der Waals surface area contributed by atoms with Gasteiger partial charge in [0.15, 0.2) is 5.78 Å². The fourth-order valence-corrected chi connectivity index (χ4v) is 1.54. The summed E-state index contributed by atoms with van der Waals surface area (Å²) < 4.78 is 30.1. The van der Waals surface area contributed by atoms with E-state index in [0.717, 1.165) is 0 Å². The van der Waals surface area contributed by atoms with Gasteiger partial charge in [-0.2, -0.15) is 8.42 Å². The van der Waals surface area contributed by atoms with Crippen LogP contribution in [0.3, 0.4) is 0 Å². The minimum atomic E-state index is -4.19. The van der Waals surface area contributed by atoms with Gasteiger partial charge in [0.2, 0.25) is 0 Å². The Hall–Kier alpha value is -0.460. The van der Waals surface area contributed by atoms with Crippen molar-refractivity contribution in [3.63, 3.8) is 0 Å². The van der Waals surface area contributed by atoms with E-state index in [1.54, 1.807) is 0 Å². The Kier molecular flexibility index (Phi) is 6.14. The molecule has 0 aliphatic carbocycles. The van der Waals surface area contributed by atoms with E-state index in [9.17, 15) is 13.2 Å². The maximum Gasteiger partial charge on any atom is 1.00 e. The van der Waals surface area contributed by atoms with Crippen molar-refractivity contribution < 1.29 is 48.7 Å². The first-order valence-electron chi connectivity index (χ1n) is 4.17. The smallest absolute Gasteiger partial charge is 1.00 e. The van der Waals surface area contributed by atoms with Crippen LogP contribution in [-0.2, 0) is 10.1 Å². The summed E-state index contributed by atoms with van der Waals surface area (Å²) in [6.07, 6.45) is 1.67. The Labute approximate surface area is 118 Å². The minimum absolute atomic E-state index is 0. The Morgan fingerprint density at radius 1 is 1.38 bits per heavy atom. The van der Waals surface area contributed by atoms with E-state index < -0.39 is 10.1 Å². The van der Waals surface area contributed by atoms with Crippen LogP contribution in [0, 0.1) is 0 Å². The first kappa shape index (κ1) is 15.5. The monoisotopic (exact) mass is 250 g/mol. The van der Waals surface area contributed by atoms with Crippen molar-refractivity contribution in [2.45, 2.75) is 11.3 Å². The zero-order valence-electron chi connectivity index (χ0n) is 9.88. The first-order chi connectivity index (χ1) is 6.95. The van der Waals surface area contributed by atoms with Gasteiger partial charge in [0, 0.05) is 12.0 Å². The summed E-state index contributed by atoms with van der Waals surface area (Å²) in [5, 5.41) is 0. The molecule has 0 aromatic heterocycles. The summed E-state index contributed by atoms with van der Waals surface area (Å²) in [7, 11) is -4.19. The van der Waals surface area contributed by atoms with Crippen molar-refractivity contribution in [3.05, 3.63) is 42.5 Å². The molecule has 0 amide bonds. The number of carbonyl (C=O) groups excluding carboxylic acids is 1. The van der Waals surface area contributed by atoms with E-state index in [4.69, 9.17) is 4.55 Å². The van der Waals surface area contributed by atoms with Crippen LogP contribution in [0.4, 0.5) is 0 Å². The molecule has 0 heterocycles. The van der Waals surface area contributed by atoms with E-state index in [2.05, 4.69) is 6.58 Å². The molecule has 0 saturated carbocycles. The molecule has 0 bridgehead atoms. The Morgan fingerprint density at radius 2 is 1.88 bits per heavy atom. The summed E-state index contributed by atoms with van der Waals surface area (Å²) in [5.41, 5.74) is 0.391. The average Bonchev–Trinajstić information content (AvgIpc) is 2.17. The normalized spacial score (nSPS) is 10.3. The molecular formula is C10H11NaO4S. The predicted octanol–water partition coefficient (Wildman–Crippen LogP) is -1.19. The van der Waals surface area contributed by atoms with E-state index >= 15 is 0 Å². The number of ketones is 1. The van der Waals surface area contributed by atoms with Gasteiger partial charge in [-0.05, 0) is 12.1 Å². The maximum atomic E-state index is 11.3. The molecule has 0 atom stereocenters. The van der Waals surface area contributed by atoms with Crippen molar-refractivity contribution in [2.24, 2.45) is 0 Å². The molecule has 0 unspecified atom stereocenters. The fraction of sp³-hybridized carbons (Fsp3) is 0.100. The van der Waals surface area contributed by atoms with Crippen molar-refractivity contribution in [1.82, 2.24) is 0 Å². The van der Waals surface area contributed by atoms with Gasteiger partial charge >= 0.3 is 29.6 Å². The summed E-state index contributed by atoms with van der Waals surface area (Å²) >= 11 is 0. The summed E-state index contributed by atoms with van der Waals surface area (Å²) in [4.78, 5) is 11.1. The summed E-state index contributed by atoms with van der Waals surface area (Å²) in [5.74, 6) is -0.146. The molecule has 82 valence electrons. The second kappa shape index (κ2) is 6.32. The van der Waals surface area contributed by atoms with Crippen LogP contribution in [0.15, 0.2) is 41.8 Å². The third kappa shape index (κ3) is 4.19. The zero-order chi connectivity index (χ0) is 11.5. The molecule has 1 aromatic carbocycles. The molecule has 0 aliphatic rings. The van der Waals surface area contributed by atoms with Crippen molar-refractivity contribution in [3.8, 4) is 0 Å². The zero-order valence-corrected chi connectivity index (χ0v) is 11.7. The van der Waals surface area contributed by atoms with E-state index in [1.807, 2.05) is 0 Å². The van der Waals surface area contributed by atoms with Gasteiger partial charge in [0.1, 0.15) is 0 Å². The average molecular weight is 250 g/mol. The minimum Gasteiger partial charge on any atom is -1.00 e. The Bertz CT molecular complexity index is 482. The molecule has 1 N–H and O–H groups in total. The van der Waals surface area contributed by atoms with Gasteiger partial charge in [-0.1, -0.05) is 18.2 Å². The summed E-state index contributed by atoms with van der Waals surface area (Å²) in [6, 6.07) is 5.08. The summed E-state index contributed by atoms with van der Waals surface area (Å²) in [6.45, 7) is 3.43. The molecule has 0 spiro atoms. The first-order valence-corrected chi connectivity index (χ1v) is 5.61. The van der Waals surface area contributed by atoms with Crippen LogP contribution in [0.5, 0.6) is 0 Å². The largest absolute Gasteiger partial charge is 1.00 e. The van der Waals surface area contributed by atoms with E-state index in [1.165, 1.54) is 30.3 Å². The number of hydrogen-bond acceptors (Lipinski definition) is 3. The number of rotatable bonds is 4. The third-order valence-electron chi connectivity index (χ3n) is 1.80. The Balaban J connectivity index is 0. The van der Waals surface area contributed by atoms with Gasteiger partial charge in [-0.15, -0.1) is 6.58 Å². The van der Waals surface area contributed by atoms with Crippen molar-refractivity contribution in [1.29, 1.82) is 0 Å². The topological polar surface area (TPSA) is 71.4 Å². The quantitative estimate of drug-likeness (QED) is 0.316. The van der Waals surface area contributed by atoms with Crippen LogP contribution in [0.2, 0.25) is 0 Å². The molecule has 16 heavy (non-hydrogen) atoms. The van der Waals surface area contributed by atoms with Crippen molar-refractivity contribution in [2.75, 3.05) is 0 Å². The standard InChI is InChI=1S/C10H10O4S.Na.H/c1-2-3-10(11)8-4-6-9(7-5-8)15(12,13)14;;/h2,4-7H,1,3H2,(H,12,13,14);;/q;+1;-1. The van der Waals surface area contributed by atoms with Gasteiger partial charge < -0.3 is 1.43 Å². The van der Waals surface area contributed by atoms with Crippen LogP contribution in [0.1, 0.15) is 18.2 Å². The molecule has 6 heteroatoms. The number of allylic oxidation sites excluding steroid dienone is 1. The Morgan fingerprint density at radius 3 is 2.25 bits per heavy atom. The van der Waals surface area contributed by atoms with Gasteiger partial charge in [0.05, 0.1) is 4.90 Å².